The lowest BCUT2D eigenvalue weighted by atomic mass is 10.2. The minimum Gasteiger partial charge on any atom is -1.00 e. The molecule has 6 heteroatoms. The SMILES string of the molecule is COC(=O)c1ccc(OC)c(Oc2ccc(C[P+](c3ccccc3)(c3ccccc3)c3ccccc3)cc2)c1.[Cl-]. The van der Waals surface area contributed by atoms with Crippen LogP contribution >= 0.6 is 7.26 Å². The Hall–Kier alpha value is -4.11. The molecule has 0 atom stereocenters. The number of benzene rings is 5. The third kappa shape index (κ3) is 6.04. The van der Waals surface area contributed by atoms with Gasteiger partial charge >= 0.3 is 5.97 Å². The molecule has 5 rings (SSSR count). The fourth-order valence-corrected chi connectivity index (χ4v) is 9.08. The molecule has 0 spiro atoms. The van der Waals surface area contributed by atoms with E-state index in [1.54, 1.807) is 25.3 Å². The van der Waals surface area contributed by atoms with E-state index in [-0.39, 0.29) is 12.4 Å². The van der Waals surface area contributed by atoms with Crippen molar-refractivity contribution in [1.82, 2.24) is 0 Å². The van der Waals surface area contributed by atoms with Crippen molar-refractivity contribution in [3.63, 3.8) is 0 Å². The highest BCUT2D eigenvalue weighted by molar-refractivity contribution is 7.95. The summed E-state index contributed by atoms with van der Waals surface area (Å²) in [4.78, 5) is 12.0. The van der Waals surface area contributed by atoms with E-state index < -0.39 is 13.2 Å². The van der Waals surface area contributed by atoms with Crippen LogP contribution in [-0.4, -0.2) is 20.2 Å². The number of ether oxygens (including phenoxy) is 3. The Kier molecular flexibility index (Phi) is 9.60. The van der Waals surface area contributed by atoms with E-state index in [0.717, 1.165) is 6.16 Å². The first kappa shape index (κ1) is 28.9. The Morgan fingerprint density at radius 2 is 1.12 bits per heavy atom. The summed E-state index contributed by atoms with van der Waals surface area (Å²) in [5.41, 5.74) is 1.61. The first-order valence-electron chi connectivity index (χ1n) is 12.7. The van der Waals surface area contributed by atoms with Gasteiger partial charge in [0.15, 0.2) is 11.5 Å². The third-order valence-electron chi connectivity index (χ3n) is 6.75. The normalized spacial score (nSPS) is 10.8. The third-order valence-corrected chi connectivity index (χ3v) is 11.1. The molecular weight excluding hydrogens is 539 g/mol. The molecule has 0 amide bonds. The van der Waals surface area contributed by atoms with Gasteiger partial charge in [0.1, 0.15) is 28.9 Å². The van der Waals surface area contributed by atoms with Crippen LogP contribution in [0, 0.1) is 0 Å². The zero-order chi connectivity index (χ0) is 27.1. The number of carbonyl (C=O) groups excluding carboxylic acids is 1. The van der Waals surface area contributed by atoms with Crippen molar-refractivity contribution in [2.45, 2.75) is 6.16 Å². The average molecular weight is 569 g/mol. The number of methoxy groups -OCH3 is 2. The molecule has 0 N–H and O–H groups in total. The van der Waals surface area contributed by atoms with Gasteiger partial charge in [-0.2, -0.15) is 0 Å². The highest BCUT2D eigenvalue weighted by Gasteiger charge is 2.45. The molecule has 0 fully saturated rings. The summed E-state index contributed by atoms with van der Waals surface area (Å²) in [6.07, 6.45) is 0.868. The van der Waals surface area contributed by atoms with Crippen molar-refractivity contribution in [2.24, 2.45) is 0 Å². The standard InChI is InChI=1S/C34H30O4P.ClH/c1-36-32-23-20-27(34(35)37-2)24-33(32)38-28-21-18-26(19-22-28)25-39(29-12-6-3-7-13-29,30-14-8-4-9-15-30)31-16-10-5-11-17-31;/h3-24H,25H2,1-2H3;1H/q+1;/p-1. The summed E-state index contributed by atoms with van der Waals surface area (Å²) in [6.45, 7) is 0. The summed E-state index contributed by atoms with van der Waals surface area (Å²) in [6, 6.07) is 45.7. The molecule has 40 heavy (non-hydrogen) atoms. The molecule has 5 aromatic carbocycles. The van der Waals surface area contributed by atoms with Gasteiger partial charge in [-0.15, -0.1) is 0 Å². The number of carbonyl (C=O) groups is 1. The summed E-state index contributed by atoms with van der Waals surface area (Å²) in [5, 5.41) is 4.02. The monoisotopic (exact) mass is 568 g/mol. The maximum Gasteiger partial charge on any atom is 0.337 e. The Morgan fingerprint density at radius 3 is 1.57 bits per heavy atom. The van der Waals surface area contributed by atoms with Gasteiger partial charge in [-0.25, -0.2) is 4.79 Å². The zero-order valence-electron chi connectivity index (χ0n) is 22.4. The first-order valence-corrected chi connectivity index (χ1v) is 14.7. The van der Waals surface area contributed by atoms with E-state index in [4.69, 9.17) is 14.2 Å². The molecule has 0 saturated carbocycles. The number of hydrogen-bond acceptors (Lipinski definition) is 4. The van der Waals surface area contributed by atoms with Crippen molar-refractivity contribution < 1.29 is 31.4 Å². The second-order valence-corrected chi connectivity index (χ2v) is 12.6. The molecule has 0 radical (unpaired) electrons. The van der Waals surface area contributed by atoms with Crippen LogP contribution in [-0.2, 0) is 10.9 Å². The van der Waals surface area contributed by atoms with Crippen molar-refractivity contribution in [3.05, 3.63) is 145 Å². The highest BCUT2D eigenvalue weighted by Crippen LogP contribution is 2.58. The molecule has 4 nitrogen and oxygen atoms in total. The fraction of sp³-hybridized carbons (Fsp3) is 0.0882. The largest absolute Gasteiger partial charge is 1.00 e. The number of hydrogen-bond donors (Lipinski definition) is 0. The molecule has 202 valence electrons. The quantitative estimate of drug-likeness (QED) is 0.201. The topological polar surface area (TPSA) is 44.8 Å². The summed E-state index contributed by atoms with van der Waals surface area (Å²) >= 11 is 0. The van der Waals surface area contributed by atoms with Gasteiger partial charge < -0.3 is 26.6 Å². The van der Waals surface area contributed by atoms with Crippen LogP contribution in [0.25, 0.3) is 0 Å². The Morgan fingerprint density at radius 1 is 0.625 bits per heavy atom. The van der Waals surface area contributed by atoms with Crippen molar-refractivity contribution >= 4 is 29.1 Å². The minimum atomic E-state index is -2.00. The van der Waals surface area contributed by atoms with E-state index in [1.807, 2.05) is 12.1 Å². The van der Waals surface area contributed by atoms with E-state index in [0.29, 0.717) is 22.8 Å². The predicted octanol–water partition coefficient (Wildman–Crippen LogP) is 3.77. The van der Waals surface area contributed by atoms with Crippen molar-refractivity contribution in [2.75, 3.05) is 14.2 Å². The molecule has 5 aromatic rings. The fourth-order valence-electron chi connectivity index (χ4n) is 4.83. The first-order chi connectivity index (χ1) is 19.1. The zero-order valence-corrected chi connectivity index (χ0v) is 24.0. The van der Waals surface area contributed by atoms with Crippen molar-refractivity contribution in [1.29, 1.82) is 0 Å². The lowest BCUT2D eigenvalue weighted by Crippen LogP contribution is -3.00. The minimum absolute atomic E-state index is 0. The Labute approximate surface area is 242 Å². The number of halogens is 1. The van der Waals surface area contributed by atoms with E-state index in [2.05, 4.69) is 103 Å². The smallest absolute Gasteiger partial charge is 0.337 e. The maximum atomic E-state index is 12.0. The Bertz CT molecular complexity index is 1430. The summed E-state index contributed by atoms with van der Waals surface area (Å²) in [5.74, 6) is 1.21. The highest BCUT2D eigenvalue weighted by atomic mass is 35.5. The summed E-state index contributed by atoms with van der Waals surface area (Å²) in [7, 11) is 0.926. The molecule has 0 unspecified atom stereocenters. The molecule has 0 bridgehead atoms. The van der Waals surface area contributed by atoms with Gasteiger partial charge in [-0.3, -0.25) is 0 Å². The van der Waals surface area contributed by atoms with E-state index >= 15 is 0 Å². The van der Waals surface area contributed by atoms with E-state index in [1.165, 1.54) is 28.6 Å². The molecule has 0 aliphatic heterocycles. The number of esters is 1. The van der Waals surface area contributed by atoms with Crippen LogP contribution in [0.3, 0.4) is 0 Å². The second kappa shape index (κ2) is 13.3. The van der Waals surface area contributed by atoms with Crippen LogP contribution in [0.5, 0.6) is 17.2 Å². The van der Waals surface area contributed by atoms with Gasteiger partial charge in [0.2, 0.25) is 0 Å². The van der Waals surface area contributed by atoms with Crippen LogP contribution < -0.4 is 37.8 Å². The molecule has 0 aromatic heterocycles. The molecule has 0 saturated heterocycles. The molecular formula is C34H30ClO4P. The van der Waals surface area contributed by atoms with Crippen LogP contribution in [0.2, 0.25) is 0 Å². The van der Waals surface area contributed by atoms with Crippen LogP contribution in [0.15, 0.2) is 133 Å². The van der Waals surface area contributed by atoms with Gasteiger partial charge in [-0.05, 0) is 72.3 Å². The molecule has 0 heterocycles. The van der Waals surface area contributed by atoms with Gasteiger partial charge in [0.25, 0.3) is 0 Å². The second-order valence-electron chi connectivity index (χ2n) is 9.08. The van der Waals surface area contributed by atoms with Gasteiger partial charge in [-0.1, -0.05) is 66.7 Å². The lowest BCUT2D eigenvalue weighted by Gasteiger charge is -2.28. The molecule has 0 aliphatic rings. The van der Waals surface area contributed by atoms with Crippen molar-refractivity contribution in [3.8, 4) is 17.2 Å². The predicted molar refractivity (Wildman–Crippen MR) is 160 cm³/mol. The maximum absolute atomic E-state index is 12.0. The van der Waals surface area contributed by atoms with Crippen LogP contribution in [0.1, 0.15) is 15.9 Å². The van der Waals surface area contributed by atoms with Gasteiger partial charge in [0, 0.05) is 0 Å². The van der Waals surface area contributed by atoms with Gasteiger partial charge in [0.05, 0.1) is 25.9 Å². The van der Waals surface area contributed by atoms with E-state index in [9.17, 15) is 4.79 Å². The van der Waals surface area contributed by atoms with Crippen LogP contribution in [0.4, 0.5) is 0 Å². The summed E-state index contributed by atoms with van der Waals surface area (Å²) < 4.78 is 16.5. The number of rotatable bonds is 9. The Balaban J connectivity index is 0.00000370. The average Bonchev–Trinajstić information content (AvgIpc) is 3.01. The lowest BCUT2D eigenvalue weighted by molar-refractivity contribution is -0.0000227. The molecule has 0 aliphatic carbocycles.